The topological polar surface area (TPSA) is 84.1 Å². The van der Waals surface area contributed by atoms with Crippen LogP contribution in [-0.4, -0.2) is 33.3 Å². The fourth-order valence-corrected chi connectivity index (χ4v) is 0.623. The molecule has 1 aliphatic rings. The summed E-state index contributed by atoms with van der Waals surface area (Å²) in [5, 5.41) is 0. The van der Waals surface area contributed by atoms with Gasteiger partial charge in [0.25, 0.3) is 0 Å². The predicted molar refractivity (Wildman–Crippen MR) is 21.6 cm³/mol. The van der Waals surface area contributed by atoms with Gasteiger partial charge in [0, 0.05) is 0 Å². The lowest BCUT2D eigenvalue weighted by molar-refractivity contribution is -0.150. The summed E-state index contributed by atoms with van der Waals surface area (Å²) in [6.07, 6.45) is 0. The van der Waals surface area contributed by atoms with Gasteiger partial charge in [0.1, 0.15) is 0 Å². The van der Waals surface area contributed by atoms with Gasteiger partial charge in [0.05, 0.1) is 0 Å². The molecule has 8 heavy (non-hydrogen) atoms. The first-order valence-corrected chi connectivity index (χ1v) is 2.48. The highest BCUT2D eigenvalue weighted by Gasteiger charge is 2.28. The van der Waals surface area contributed by atoms with E-state index in [4.69, 9.17) is 0 Å². The fourth-order valence-electron chi connectivity index (χ4n) is 0.208. The van der Waals surface area contributed by atoms with E-state index in [9.17, 15) is 9.59 Å². The van der Waals surface area contributed by atoms with Crippen LogP contribution in [0, 0.1) is 0 Å². The normalized spacial score (nSPS) is 15.5. The Kier molecular flexibility index (Phi) is 2.48. The molecule has 0 bridgehead atoms. The Morgan fingerprint density at radius 1 is 1.12 bits per heavy atom. The van der Waals surface area contributed by atoms with E-state index in [0.717, 1.165) is 0 Å². The van der Waals surface area contributed by atoms with E-state index < -0.39 is 27.8 Å². The van der Waals surface area contributed by atoms with Gasteiger partial charge >= 0.3 is 27.8 Å². The van der Waals surface area contributed by atoms with Crippen LogP contribution in [0.25, 0.3) is 0 Å². The Balaban J connectivity index is 0.000000490. The summed E-state index contributed by atoms with van der Waals surface area (Å²) < 4.78 is 8.28. The van der Waals surface area contributed by atoms with Crippen LogP contribution < -0.4 is 0 Å². The molecule has 0 atom stereocenters. The molecule has 1 heterocycles. The summed E-state index contributed by atoms with van der Waals surface area (Å²) in [5.41, 5.74) is 0. The lowest BCUT2D eigenvalue weighted by atomic mass is 10.7. The Labute approximate surface area is 51.3 Å². The van der Waals surface area contributed by atoms with E-state index in [2.05, 4.69) is 7.58 Å². The van der Waals surface area contributed by atoms with E-state index in [1.165, 1.54) is 0 Å². The van der Waals surface area contributed by atoms with Crippen LogP contribution in [0.3, 0.4) is 0 Å². The lowest BCUT2D eigenvalue weighted by Crippen LogP contribution is -2.05. The van der Waals surface area contributed by atoms with E-state index in [1.807, 2.05) is 0 Å². The zero-order valence-electron chi connectivity index (χ0n) is 3.71. The summed E-state index contributed by atoms with van der Waals surface area (Å²) in [7, 11) is 0. The zero-order valence-corrected chi connectivity index (χ0v) is 4.87. The van der Waals surface area contributed by atoms with Gasteiger partial charge in [0.2, 0.25) is 0 Å². The maximum atomic E-state index is 9.90. The van der Waals surface area contributed by atoms with Crippen molar-refractivity contribution in [1.29, 1.82) is 0 Å². The molecule has 0 aromatic carbocycles. The average molecular weight is 133 g/mol. The Bertz CT molecular complexity index is 106. The summed E-state index contributed by atoms with van der Waals surface area (Å²) in [6.45, 7) is 0. The van der Waals surface area contributed by atoms with Gasteiger partial charge in [-0.3, -0.25) is 0 Å². The van der Waals surface area contributed by atoms with Crippen molar-refractivity contribution in [3.63, 3.8) is 0 Å². The van der Waals surface area contributed by atoms with Crippen molar-refractivity contribution >= 4 is 27.8 Å². The first kappa shape index (κ1) is 7.43. The largest absolute Gasteiger partial charge is 0.886 e. The maximum absolute atomic E-state index is 9.90. The zero-order chi connectivity index (χ0) is 5.28. The van der Waals surface area contributed by atoms with E-state index in [1.54, 1.807) is 0 Å². The van der Waals surface area contributed by atoms with Gasteiger partial charge < -0.3 is 13.1 Å². The molecule has 2 N–H and O–H groups in total. The minimum Gasteiger partial charge on any atom is -0.581 e. The standard InChI is InChI=1S/C2H2O4.Al.H2O/c3-1(4)2(5)6;;/h(H,3,4)(H,5,6);;1H2/q;+2;/p-2. The van der Waals surface area contributed by atoms with Gasteiger partial charge in [-0.05, 0) is 0 Å². The maximum Gasteiger partial charge on any atom is 0.886 e. The first-order valence-electron chi connectivity index (χ1n) is 1.54. The van der Waals surface area contributed by atoms with E-state index >= 15 is 0 Å². The molecule has 5 nitrogen and oxygen atoms in total. The molecule has 0 amide bonds. The lowest BCUT2D eigenvalue weighted by Gasteiger charge is -1.78. The molecule has 0 saturated carbocycles. The van der Waals surface area contributed by atoms with E-state index in [-0.39, 0.29) is 5.48 Å². The second kappa shape index (κ2) is 2.67. The molecule has 1 saturated heterocycles. The van der Waals surface area contributed by atoms with Gasteiger partial charge in [-0.25, -0.2) is 9.59 Å². The molecule has 0 spiro atoms. The molecule has 1 fully saturated rings. The SMILES string of the molecule is O.O=C1[O][Al][O]C1=O. The van der Waals surface area contributed by atoms with Crippen molar-refractivity contribution in [3.05, 3.63) is 0 Å². The third-order valence-electron chi connectivity index (χ3n) is 0.477. The minimum atomic E-state index is -0.866. The highest BCUT2D eigenvalue weighted by atomic mass is 27.2. The quantitative estimate of drug-likeness (QED) is 0.277. The molecule has 43 valence electrons. The molecule has 1 aliphatic heterocycles. The number of hydrogen-bond donors (Lipinski definition) is 0. The second-order valence-corrected chi connectivity index (χ2v) is 1.57. The fraction of sp³-hybridized carbons (Fsp3) is 0. The molecule has 6 heteroatoms. The van der Waals surface area contributed by atoms with Crippen molar-refractivity contribution < 1.29 is 22.6 Å². The van der Waals surface area contributed by atoms with Gasteiger partial charge in [-0.2, -0.15) is 0 Å². The second-order valence-electron chi connectivity index (χ2n) is 0.907. The number of carbonyl (C=O) groups is 2. The van der Waals surface area contributed by atoms with Crippen molar-refractivity contribution in [1.82, 2.24) is 0 Å². The van der Waals surface area contributed by atoms with Crippen LogP contribution in [0.2, 0.25) is 0 Å². The van der Waals surface area contributed by atoms with Crippen molar-refractivity contribution in [3.8, 4) is 0 Å². The number of hydrogen-bond acceptors (Lipinski definition) is 4. The first-order chi connectivity index (χ1) is 3.30. The summed E-state index contributed by atoms with van der Waals surface area (Å²) in [4.78, 5) is 19.8. The molecule has 0 aromatic rings. The van der Waals surface area contributed by atoms with Crippen molar-refractivity contribution in [2.45, 2.75) is 0 Å². The predicted octanol–water partition coefficient (Wildman–Crippen LogP) is -2.20. The molecule has 1 rings (SSSR count). The molecule has 1 radical (unpaired) electrons. The van der Waals surface area contributed by atoms with Crippen molar-refractivity contribution in [2.75, 3.05) is 0 Å². The molecule has 0 aliphatic carbocycles. The summed E-state index contributed by atoms with van der Waals surface area (Å²) >= 11 is -0.840. The molecular formula is C2H2AlO5. The van der Waals surface area contributed by atoms with Crippen LogP contribution in [0.1, 0.15) is 0 Å². The molecule has 0 unspecified atom stereocenters. The molecule has 0 aromatic heterocycles. The van der Waals surface area contributed by atoms with Gasteiger partial charge in [-0.15, -0.1) is 0 Å². The van der Waals surface area contributed by atoms with Gasteiger partial charge in [-0.1, -0.05) is 0 Å². The van der Waals surface area contributed by atoms with Crippen LogP contribution >= 0.6 is 0 Å². The van der Waals surface area contributed by atoms with Crippen LogP contribution in [0.5, 0.6) is 0 Å². The van der Waals surface area contributed by atoms with Crippen molar-refractivity contribution in [2.24, 2.45) is 0 Å². The third kappa shape index (κ3) is 1.20. The smallest absolute Gasteiger partial charge is 0.581 e. The van der Waals surface area contributed by atoms with Crippen LogP contribution in [0.15, 0.2) is 0 Å². The van der Waals surface area contributed by atoms with Crippen LogP contribution in [0.4, 0.5) is 0 Å². The Hall–Kier alpha value is -0.568. The summed E-state index contributed by atoms with van der Waals surface area (Å²) in [6, 6.07) is 0. The monoisotopic (exact) mass is 133 g/mol. The van der Waals surface area contributed by atoms with E-state index in [0.29, 0.717) is 0 Å². The highest BCUT2D eigenvalue weighted by Crippen LogP contribution is 1.89. The van der Waals surface area contributed by atoms with Crippen LogP contribution in [-0.2, 0) is 17.2 Å². The molecular weight excluding hydrogens is 131 g/mol. The Morgan fingerprint density at radius 2 is 1.50 bits per heavy atom. The highest BCUT2D eigenvalue weighted by molar-refractivity contribution is 6.47. The Morgan fingerprint density at radius 3 is 1.62 bits per heavy atom. The number of rotatable bonds is 0. The van der Waals surface area contributed by atoms with Gasteiger partial charge in [0.15, 0.2) is 0 Å². The third-order valence-corrected chi connectivity index (χ3v) is 1.10. The number of carbonyl (C=O) groups excluding carboxylic acids is 2. The average Bonchev–Trinajstić information content (AvgIpc) is 1.91. The summed E-state index contributed by atoms with van der Waals surface area (Å²) in [5.74, 6) is -1.73. The minimum absolute atomic E-state index is 0.